The first-order chi connectivity index (χ1) is 6.11. The molecular weight excluding hydrogens is 174 g/mol. The van der Waals surface area contributed by atoms with Crippen LogP contribution >= 0.6 is 0 Å². The highest BCUT2D eigenvalue weighted by molar-refractivity contribution is 5.88. The van der Waals surface area contributed by atoms with Crippen LogP contribution in [0.25, 0.3) is 0 Å². The van der Waals surface area contributed by atoms with Crippen molar-refractivity contribution >= 4 is 11.9 Å². The van der Waals surface area contributed by atoms with E-state index in [1.165, 1.54) is 7.11 Å². The molecule has 1 saturated heterocycles. The first kappa shape index (κ1) is 9.98. The number of nitrogens with one attached hydrogen (secondary N) is 1. The van der Waals surface area contributed by atoms with Gasteiger partial charge in [-0.05, 0) is 14.0 Å². The first-order valence-corrected chi connectivity index (χ1v) is 4.07. The highest BCUT2D eigenvalue weighted by Crippen LogP contribution is 2.23. The quantitative estimate of drug-likeness (QED) is 0.580. The van der Waals surface area contributed by atoms with Crippen LogP contribution in [-0.4, -0.2) is 38.2 Å². The van der Waals surface area contributed by atoms with Gasteiger partial charge in [0.25, 0.3) is 0 Å². The van der Waals surface area contributed by atoms with Gasteiger partial charge in [-0.2, -0.15) is 0 Å². The van der Waals surface area contributed by atoms with Crippen molar-refractivity contribution in [1.82, 2.24) is 5.32 Å². The molecule has 74 valence electrons. The number of rotatable bonds is 2. The van der Waals surface area contributed by atoms with E-state index in [0.717, 1.165) is 0 Å². The highest BCUT2D eigenvalue weighted by atomic mass is 16.6. The maximum absolute atomic E-state index is 11.2. The molecule has 5 nitrogen and oxygen atoms in total. The SMILES string of the molecule is CN[C@H]1C(=O)O[C@@H](C)[C@@H]1C(=O)OC. The summed E-state index contributed by atoms with van der Waals surface area (Å²) in [7, 11) is 2.91. The van der Waals surface area contributed by atoms with Crippen LogP contribution in [0.5, 0.6) is 0 Å². The topological polar surface area (TPSA) is 64.6 Å². The summed E-state index contributed by atoms with van der Waals surface area (Å²) in [6.45, 7) is 1.68. The minimum Gasteiger partial charge on any atom is -0.469 e. The van der Waals surface area contributed by atoms with Gasteiger partial charge in [0.15, 0.2) is 0 Å². The van der Waals surface area contributed by atoms with Crippen molar-refractivity contribution in [2.75, 3.05) is 14.2 Å². The molecule has 0 spiro atoms. The Bertz CT molecular complexity index is 228. The summed E-state index contributed by atoms with van der Waals surface area (Å²) in [5, 5.41) is 2.73. The lowest BCUT2D eigenvalue weighted by Gasteiger charge is -2.14. The van der Waals surface area contributed by atoms with Crippen molar-refractivity contribution in [3.63, 3.8) is 0 Å². The van der Waals surface area contributed by atoms with Gasteiger partial charge in [-0.25, -0.2) is 0 Å². The molecule has 0 radical (unpaired) electrons. The Labute approximate surface area is 76.4 Å². The van der Waals surface area contributed by atoms with Gasteiger partial charge in [0, 0.05) is 0 Å². The van der Waals surface area contributed by atoms with Gasteiger partial charge in [0.05, 0.1) is 7.11 Å². The lowest BCUT2D eigenvalue weighted by molar-refractivity contribution is -0.147. The molecule has 1 aliphatic rings. The van der Waals surface area contributed by atoms with E-state index in [0.29, 0.717) is 0 Å². The molecule has 13 heavy (non-hydrogen) atoms. The Balaban J connectivity index is 2.80. The van der Waals surface area contributed by atoms with E-state index < -0.39 is 30.0 Å². The van der Waals surface area contributed by atoms with E-state index in [2.05, 4.69) is 10.1 Å². The Kier molecular flexibility index (Phi) is 2.87. The monoisotopic (exact) mass is 187 g/mol. The zero-order valence-corrected chi connectivity index (χ0v) is 7.87. The Morgan fingerprint density at radius 1 is 1.62 bits per heavy atom. The summed E-state index contributed by atoms with van der Waals surface area (Å²) >= 11 is 0. The lowest BCUT2D eigenvalue weighted by atomic mass is 9.98. The molecule has 0 aliphatic carbocycles. The summed E-state index contributed by atoms with van der Waals surface area (Å²) in [5.41, 5.74) is 0. The van der Waals surface area contributed by atoms with Gasteiger partial charge in [0.1, 0.15) is 18.1 Å². The first-order valence-electron chi connectivity index (χ1n) is 4.07. The van der Waals surface area contributed by atoms with E-state index in [9.17, 15) is 9.59 Å². The molecule has 0 bridgehead atoms. The van der Waals surface area contributed by atoms with E-state index in [1.807, 2.05) is 0 Å². The average Bonchev–Trinajstić information content (AvgIpc) is 2.39. The van der Waals surface area contributed by atoms with E-state index in [1.54, 1.807) is 14.0 Å². The van der Waals surface area contributed by atoms with E-state index >= 15 is 0 Å². The molecule has 1 N–H and O–H groups in total. The Morgan fingerprint density at radius 3 is 2.69 bits per heavy atom. The summed E-state index contributed by atoms with van der Waals surface area (Å²) in [6.07, 6.45) is -0.419. The number of cyclic esters (lactones) is 1. The van der Waals surface area contributed by atoms with Crippen LogP contribution in [-0.2, 0) is 19.1 Å². The summed E-state index contributed by atoms with van der Waals surface area (Å²) in [4.78, 5) is 22.4. The lowest BCUT2D eigenvalue weighted by Crippen LogP contribution is -2.41. The summed E-state index contributed by atoms with van der Waals surface area (Å²) in [6, 6.07) is -0.581. The predicted molar refractivity (Wildman–Crippen MR) is 43.9 cm³/mol. The van der Waals surface area contributed by atoms with Gasteiger partial charge in [-0.3, -0.25) is 9.59 Å². The van der Waals surface area contributed by atoms with Crippen LogP contribution in [0.1, 0.15) is 6.92 Å². The molecule has 1 rings (SSSR count). The molecule has 0 aromatic heterocycles. The maximum atomic E-state index is 11.2. The van der Waals surface area contributed by atoms with Crippen LogP contribution in [0.2, 0.25) is 0 Å². The molecule has 1 fully saturated rings. The van der Waals surface area contributed by atoms with Crippen LogP contribution in [0.4, 0.5) is 0 Å². The van der Waals surface area contributed by atoms with Gasteiger partial charge in [0.2, 0.25) is 0 Å². The number of carbonyl (C=O) groups is 2. The van der Waals surface area contributed by atoms with Crippen molar-refractivity contribution in [3.05, 3.63) is 0 Å². The number of carbonyl (C=O) groups excluding carboxylic acids is 2. The van der Waals surface area contributed by atoms with Crippen LogP contribution < -0.4 is 5.32 Å². The molecule has 1 heterocycles. The average molecular weight is 187 g/mol. The van der Waals surface area contributed by atoms with Crippen molar-refractivity contribution < 1.29 is 19.1 Å². The second kappa shape index (κ2) is 3.74. The number of likely N-dealkylation sites (N-methyl/N-ethyl adjacent to an activating group) is 1. The van der Waals surface area contributed by atoms with Crippen molar-refractivity contribution in [2.45, 2.75) is 19.1 Å². The van der Waals surface area contributed by atoms with Gasteiger partial charge in [-0.1, -0.05) is 0 Å². The molecule has 0 unspecified atom stereocenters. The highest BCUT2D eigenvalue weighted by Gasteiger charge is 2.46. The second-order valence-electron chi connectivity index (χ2n) is 2.96. The molecule has 3 atom stereocenters. The number of methoxy groups -OCH3 is 1. The zero-order valence-electron chi connectivity index (χ0n) is 7.87. The third kappa shape index (κ3) is 1.65. The Hall–Kier alpha value is -1.10. The van der Waals surface area contributed by atoms with E-state index in [-0.39, 0.29) is 0 Å². The van der Waals surface area contributed by atoms with Crippen LogP contribution in [0, 0.1) is 5.92 Å². The van der Waals surface area contributed by atoms with Crippen molar-refractivity contribution in [1.29, 1.82) is 0 Å². The fourth-order valence-corrected chi connectivity index (χ4v) is 1.51. The summed E-state index contributed by atoms with van der Waals surface area (Å²) < 4.78 is 9.47. The maximum Gasteiger partial charge on any atom is 0.324 e. The van der Waals surface area contributed by atoms with Gasteiger partial charge < -0.3 is 14.8 Å². The van der Waals surface area contributed by atoms with Gasteiger partial charge >= 0.3 is 11.9 Å². The van der Waals surface area contributed by atoms with Crippen LogP contribution in [0.15, 0.2) is 0 Å². The zero-order chi connectivity index (χ0) is 10.0. The predicted octanol–water partition coefficient (Wildman–Crippen LogP) is -0.691. The molecular formula is C8H13NO4. The largest absolute Gasteiger partial charge is 0.469 e. The normalized spacial score (nSPS) is 32.8. The number of hydrogen-bond donors (Lipinski definition) is 1. The van der Waals surface area contributed by atoms with Gasteiger partial charge in [-0.15, -0.1) is 0 Å². The standard InChI is InChI=1S/C8H13NO4/c1-4-5(7(10)12-3)6(9-2)8(11)13-4/h4-6,9H,1-3H3/t4-,5-,6+/m0/s1. The third-order valence-electron chi connectivity index (χ3n) is 2.21. The number of hydrogen-bond acceptors (Lipinski definition) is 5. The second-order valence-corrected chi connectivity index (χ2v) is 2.96. The molecule has 5 heteroatoms. The fourth-order valence-electron chi connectivity index (χ4n) is 1.51. The minimum atomic E-state index is -0.581. The minimum absolute atomic E-state index is 0.398. The third-order valence-corrected chi connectivity index (χ3v) is 2.21. The molecule has 1 aliphatic heterocycles. The smallest absolute Gasteiger partial charge is 0.324 e. The Morgan fingerprint density at radius 2 is 2.23 bits per heavy atom. The molecule has 0 aromatic carbocycles. The number of esters is 2. The van der Waals surface area contributed by atoms with E-state index in [4.69, 9.17) is 4.74 Å². The van der Waals surface area contributed by atoms with Crippen LogP contribution in [0.3, 0.4) is 0 Å². The number of ether oxygens (including phenoxy) is 2. The van der Waals surface area contributed by atoms with Crippen molar-refractivity contribution in [3.8, 4) is 0 Å². The molecule has 0 amide bonds. The fraction of sp³-hybridized carbons (Fsp3) is 0.750. The molecule has 0 aromatic rings. The molecule has 0 saturated carbocycles. The summed E-state index contributed by atoms with van der Waals surface area (Å²) in [5.74, 6) is -1.36. The van der Waals surface area contributed by atoms with Crippen molar-refractivity contribution in [2.24, 2.45) is 5.92 Å².